The van der Waals surface area contributed by atoms with Gasteiger partial charge in [-0.1, -0.05) is 0 Å². The van der Waals surface area contributed by atoms with E-state index in [0.29, 0.717) is 5.56 Å². The van der Waals surface area contributed by atoms with Crippen LogP contribution in [-0.4, -0.2) is 39.4 Å². The summed E-state index contributed by atoms with van der Waals surface area (Å²) >= 11 is 0. The Hall–Kier alpha value is -2.05. The van der Waals surface area contributed by atoms with E-state index in [1.807, 2.05) is 0 Å². The van der Waals surface area contributed by atoms with E-state index in [2.05, 4.69) is 10.2 Å². The Kier molecular flexibility index (Phi) is 3.69. The number of nitrogens with zero attached hydrogens (tertiary/aromatic N) is 2. The lowest BCUT2D eigenvalue weighted by Crippen LogP contribution is -2.39. The summed E-state index contributed by atoms with van der Waals surface area (Å²) in [7, 11) is 0. The van der Waals surface area contributed by atoms with Gasteiger partial charge in [-0.3, -0.25) is 10.00 Å². The maximum atomic E-state index is 12.2. The van der Waals surface area contributed by atoms with Gasteiger partial charge in [-0.05, 0) is 27.7 Å². The van der Waals surface area contributed by atoms with Crippen LogP contribution >= 0.6 is 0 Å². The first kappa shape index (κ1) is 14.4. The summed E-state index contributed by atoms with van der Waals surface area (Å²) < 4.78 is 10.4. The Morgan fingerprint density at radius 3 is 2.80 bits per heavy atom. The fraction of sp³-hybridized carbons (Fsp3) is 0.615. The highest BCUT2D eigenvalue weighted by atomic mass is 16.6. The molecule has 7 nitrogen and oxygen atoms in total. The number of hydrogen-bond acceptors (Lipinski definition) is 5. The molecule has 2 heterocycles. The minimum Gasteiger partial charge on any atom is -0.464 e. The fourth-order valence-corrected chi connectivity index (χ4v) is 2.08. The number of hydrogen-bond donors (Lipinski definition) is 1. The molecule has 110 valence electrons. The van der Waals surface area contributed by atoms with Crippen LogP contribution in [-0.2, 0) is 20.8 Å². The number of fused-ring (bicyclic) bond motifs is 1. The average molecular weight is 281 g/mol. The standard InChI is InChI=1S/C13H19N3O4/c1-5-19-11(17)10-8-6-14-15-9(8)7-16(10)12(18)20-13(2,3)4/h6,10H,5,7H2,1-4H3,(H,14,15)/t10-/m0/s1. The summed E-state index contributed by atoms with van der Waals surface area (Å²) in [6, 6.07) is -0.793. The van der Waals surface area contributed by atoms with Crippen molar-refractivity contribution < 1.29 is 19.1 Å². The lowest BCUT2D eigenvalue weighted by Gasteiger charge is -2.27. The minimum atomic E-state index is -0.793. The third kappa shape index (κ3) is 2.76. The van der Waals surface area contributed by atoms with Gasteiger partial charge in [0.15, 0.2) is 6.04 Å². The van der Waals surface area contributed by atoms with E-state index in [4.69, 9.17) is 9.47 Å². The van der Waals surface area contributed by atoms with E-state index in [0.717, 1.165) is 5.69 Å². The number of aromatic amines is 1. The van der Waals surface area contributed by atoms with E-state index < -0.39 is 23.7 Å². The van der Waals surface area contributed by atoms with Crippen molar-refractivity contribution >= 4 is 12.1 Å². The molecule has 1 aliphatic heterocycles. The lowest BCUT2D eigenvalue weighted by molar-refractivity contribution is -0.149. The van der Waals surface area contributed by atoms with Crippen molar-refractivity contribution in [3.8, 4) is 0 Å². The van der Waals surface area contributed by atoms with Crippen LogP contribution in [0.2, 0.25) is 0 Å². The number of ether oxygens (including phenoxy) is 2. The van der Waals surface area contributed by atoms with Gasteiger partial charge in [0.2, 0.25) is 0 Å². The van der Waals surface area contributed by atoms with Gasteiger partial charge in [0.25, 0.3) is 0 Å². The predicted molar refractivity (Wildman–Crippen MR) is 69.7 cm³/mol. The lowest BCUT2D eigenvalue weighted by atomic mass is 10.1. The molecule has 1 aromatic heterocycles. The highest BCUT2D eigenvalue weighted by Crippen LogP contribution is 2.34. The topological polar surface area (TPSA) is 84.5 Å². The second-order valence-electron chi connectivity index (χ2n) is 5.57. The van der Waals surface area contributed by atoms with Gasteiger partial charge in [-0.2, -0.15) is 5.10 Å². The molecule has 0 saturated heterocycles. The summed E-state index contributed by atoms with van der Waals surface area (Å²) in [5, 5.41) is 6.68. The predicted octanol–water partition coefficient (Wildman–Crippen LogP) is 1.76. The number of rotatable bonds is 2. The molecule has 0 aromatic carbocycles. The number of aromatic nitrogens is 2. The third-order valence-electron chi connectivity index (χ3n) is 2.82. The van der Waals surface area contributed by atoms with Crippen LogP contribution in [0.15, 0.2) is 6.20 Å². The summed E-state index contributed by atoms with van der Waals surface area (Å²) in [4.78, 5) is 25.6. The van der Waals surface area contributed by atoms with Crippen LogP contribution in [0.3, 0.4) is 0 Å². The number of H-pyrrole nitrogens is 1. The van der Waals surface area contributed by atoms with Gasteiger partial charge in [-0.15, -0.1) is 0 Å². The maximum absolute atomic E-state index is 12.2. The van der Waals surface area contributed by atoms with Gasteiger partial charge < -0.3 is 9.47 Å². The molecule has 1 aromatic rings. The SMILES string of the molecule is CCOC(=O)[C@@H]1c2cn[nH]c2CN1C(=O)OC(C)(C)C. The largest absolute Gasteiger partial charge is 0.464 e. The molecular weight excluding hydrogens is 262 g/mol. The van der Waals surface area contributed by atoms with Crippen molar-refractivity contribution in [2.45, 2.75) is 45.9 Å². The highest BCUT2D eigenvalue weighted by molar-refractivity contribution is 5.84. The van der Waals surface area contributed by atoms with Crippen LogP contribution < -0.4 is 0 Å². The van der Waals surface area contributed by atoms with E-state index in [1.165, 1.54) is 4.90 Å². The van der Waals surface area contributed by atoms with E-state index >= 15 is 0 Å². The van der Waals surface area contributed by atoms with Crippen molar-refractivity contribution in [1.82, 2.24) is 15.1 Å². The molecule has 0 radical (unpaired) electrons. The van der Waals surface area contributed by atoms with Crippen molar-refractivity contribution in [1.29, 1.82) is 0 Å². The van der Waals surface area contributed by atoms with Crippen LogP contribution in [0.4, 0.5) is 4.79 Å². The average Bonchev–Trinajstić information content (AvgIpc) is 2.85. The number of carbonyl (C=O) groups excluding carboxylic acids is 2. The normalized spacial score (nSPS) is 17.8. The van der Waals surface area contributed by atoms with Crippen LogP contribution in [0.1, 0.15) is 45.0 Å². The van der Waals surface area contributed by atoms with Gasteiger partial charge in [0.1, 0.15) is 5.60 Å². The molecule has 0 saturated carbocycles. The second kappa shape index (κ2) is 5.15. The Labute approximate surface area is 117 Å². The Bertz CT molecular complexity index is 518. The molecule has 2 rings (SSSR count). The Morgan fingerprint density at radius 1 is 1.50 bits per heavy atom. The van der Waals surface area contributed by atoms with Crippen molar-refractivity contribution in [2.24, 2.45) is 0 Å². The zero-order chi connectivity index (χ0) is 14.9. The molecule has 1 aliphatic rings. The van der Waals surface area contributed by atoms with E-state index in [-0.39, 0.29) is 13.2 Å². The zero-order valence-corrected chi connectivity index (χ0v) is 12.1. The highest BCUT2D eigenvalue weighted by Gasteiger charge is 2.42. The number of nitrogens with one attached hydrogen (secondary N) is 1. The van der Waals surface area contributed by atoms with Crippen molar-refractivity contribution in [2.75, 3.05) is 6.61 Å². The quantitative estimate of drug-likeness (QED) is 0.835. The molecule has 0 unspecified atom stereocenters. The molecule has 7 heteroatoms. The molecule has 1 N–H and O–H groups in total. The molecule has 0 bridgehead atoms. The monoisotopic (exact) mass is 281 g/mol. The minimum absolute atomic E-state index is 0.255. The van der Waals surface area contributed by atoms with Crippen LogP contribution in [0.25, 0.3) is 0 Å². The third-order valence-corrected chi connectivity index (χ3v) is 2.82. The Morgan fingerprint density at radius 2 is 2.20 bits per heavy atom. The second-order valence-corrected chi connectivity index (χ2v) is 5.57. The molecular formula is C13H19N3O4. The van der Waals surface area contributed by atoms with Crippen molar-refractivity contribution in [3.05, 3.63) is 17.5 Å². The van der Waals surface area contributed by atoms with Gasteiger partial charge in [0.05, 0.1) is 25.0 Å². The van der Waals surface area contributed by atoms with Gasteiger partial charge >= 0.3 is 12.1 Å². The number of amides is 1. The van der Waals surface area contributed by atoms with Gasteiger partial charge in [0, 0.05) is 5.56 Å². The van der Waals surface area contributed by atoms with E-state index in [1.54, 1.807) is 33.9 Å². The fourth-order valence-electron chi connectivity index (χ4n) is 2.08. The molecule has 0 aliphatic carbocycles. The maximum Gasteiger partial charge on any atom is 0.411 e. The van der Waals surface area contributed by atoms with Gasteiger partial charge in [-0.25, -0.2) is 9.59 Å². The van der Waals surface area contributed by atoms with E-state index in [9.17, 15) is 9.59 Å². The molecule has 1 amide bonds. The summed E-state index contributed by atoms with van der Waals surface area (Å²) in [6.45, 7) is 7.57. The smallest absolute Gasteiger partial charge is 0.411 e. The van der Waals surface area contributed by atoms with Crippen molar-refractivity contribution in [3.63, 3.8) is 0 Å². The zero-order valence-electron chi connectivity index (χ0n) is 12.1. The molecule has 0 fully saturated rings. The molecule has 20 heavy (non-hydrogen) atoms. The summed E-state index contributed by atoms with van der Waals surface area (Å²) in [6.07, 6.45) is 1.00. The molecule has 0 spiro atoms. The first-order chi connectivity index (χ1) is 9.33. The first-order valence-electron chi connectivity index (χ1n) is 6.52. The Balaban J connectivity index is 2.23. The summed E-state index contributed by atoms with van der Waals surface area (Å²) in [5.41, 5.74) is 0.772. The van der Waals surface area contributed by atoms with Crippen LogP contribution in [0, 0.1) is 0 Å². The van der Waals surface area contributed by atoms with Crippen LogP contribution in [0.5, 0.6) is 0 Å². The number of esters is 1. The first-order valence-corrected chi connectivity index (χ1v) is 6.52. The number of carbonyl (C=O) groups is 2. The summed E-state index contributed by atoms with van der Waals surface area (Å²) in [5.74, 6) is -0.474. The molecule has 1 atom stereocenters.